The molecule has 1 saturated heterocycles. The number of amides is 1. The van der Waals surface area contributed by atoms with E-state index in [1.165, 1.54) is 21.9 Å². The number of thioether (sulfide) groups is 1. The lowest BCUT2D eigenvalue weighted by Crippen LogP contribution is -2.31. The monoisotopic (exact) mass is 394 g/mol. The zero-order valence-corrected chi connectivity index (χ0v) is 16.0. The highest BCUT2D eigenvalue weighted by atomic mass is 32.2. The van der Waals surface area contributed by atoms with Crippen molar-refractivity contribution in [2.75, 3.05) is 18.9 Å². The normalized spacial score (nSPS) is 17.8. The minimum Gasteiger partial charge on any atom is -0.396 e. The number of rotatable bonds is 8. The van der Waals surface area contributed by atoms with Gasteiger partial charge in [0.1, 0.15) is 5.37 Å². The predicted octanol–water partition coefficient (Wildman–Crippen LogP) is 2.46. The molecular weight excluding hydrogens is 372 g/mol. The summed E-state index contributed by atoms with van der Waals surface area (Å²) < 4.78 is 27.2. The highest BCUT2D eigenvalue weighted by Crippen LogP contribution is 2.39. The minimum atomic E-state index is -3.70. The van der Waals surface area contributed by atoms with Gasteiger partial charge >= 0.3 is 0 Å². The summed E-state index contributed by atoms with van der Waals surface area (Å²) in [7, 11) is -3.70. The second-order valence-electron chi connectivity index (χ2n) is 6.08. The number of hydrogen-bond acceptors (Lipinski definition) is 5. The fraction of sp³-hybridized carbons (Fsp3) is 0.389. The Labute approximate surface area is 157 Å². The van der Waals surface area contributed by atoms with Crippen molar-refractivity contribution in [1.29, 1.82) is 0 Å². The van der Waals surface area contributed by atoms with Gasteiger partial charge in [-0.1, -0.05) is 18.2 Å². The van der Waals surface area contributed by atoms with Gasteiger partial charge in [-0.05, 0) is 43.5 Å². The first-order chi connectivity index (χ1) is 12.6. The van der Waals surface area contributed by atoms with Gasteiger partial charge in [0.2, 0.25) is 5.91 Å². The fourth-order valence-corrected chi connectivity index (χ4v) is 5.70. The molecule has 8 heteroatoms. The summed E-state index contributed by atoms with van der Waals surface area (Å²) in [4.78, 5) is 14.2. The molecule has 6 nitrogen and oxygen atoms in total. The van der Waals surface area contributed by atoms with Crippen LogP contribution in [0.4, 0.5) is 0 Å². The van der Waals surface area contributed by atoms with E-state index in [0.717, 1.165) is 12.8 Å². The molecule has 2 aromatic rings. The first kappa shape index (κ1) is 19.0. The minimum absolute atomic E-state index is 0.0221. The Kier molecular flexibility index (Phi) is 6.05. The molecule has 0 radical (unpaired) electrons. The van der Waals surface area contributed by atoms with Crippen LogP contribution in [-0.2, 0) is 14.8 Å². The maximum atomic E-state index is 13.0. The smallest absolute Gasteiger partial charge is 0.267 e. The molecule has 1 fully saturated rings. The van der Waals surface area contributed by atoms with Crippen LogP contribution in [0, 0.1) is 0 Å². The number of aliphatic hydroxyl groups is 1. The van der Waals surface area contributed by atoms with E-state index in [-0.39, 0.29) is 22.8 Å². The molecule has 1 aromatic carbocycles. The summed E-state index contributed by atoms with van der Waals surface area (Å²) in [5, 5.41) is 8.58. The third kappa shape index (κ3) is 3.82. The van der Waals surface area contributed by atoms with Crippen molar-refractivity contribution >= 4 is 27.7 Å². The van der Waals surface area contributed by atoms with Gasteiger partial charge < -0.3 is 10.0 Å². The van der Waals surface area contributed by atoms with Crippen molar-refractivity contribution in [3.8, 4) is 0 Å². The average Bonchev–Trinajstić information content (AvgIpc) is 3.27. The van der Waals surface area contributed by atoms with E-state index in [0.29, 0.717) is 24.4 Å². The van der Waals surface area contributed by atoms with Gasteiger partial charge in [0.15, 0.2) is 0 Å². The first-order valence-electron chi connectivity index (χ1n) is 8.55. The topological polar surface area (TPSA) is 79.6 Å². The SMILES string of the molecule is O=C1CSC(c2cccn2S(=O)(=O)c2ccccc2)N1CCCCCO. The molecule has 26 heavy (non-hydrogen) atoms. The van der Waals surface area contributed by atoms with E-state index < -0.39 is 10.0 Å². The van der Waals surface area contributed by atoms with Crippen LogP contribution >= 0.6 is 11.8 Å². The van der Waals surface area contributed by atoms with Crippen LogP contribution in [0.25, 0.3) is 0 Å². The van der Waals surface area contributed by atoms with Crippen molar-refractivity contribution in [3.05, 3.63) is 54.4 Å². The molecule has 3 rings (SSSR count). The Morgan fingerprint density at radius 1 is 1.08 bits per heavy atom. The van der Waals surface area contributed by atoms with E-state index in [1.54, 1.807) is 47.4 Å². The number of unbranched alkanes of at least 4 members (excludes halogenated alkanes) is 2. The molecule has 0 spiro atoms. The summed E-state index contributed by atoms with van der Waals surface area (Å²) in [6, 6.07) is 11.8. The summed E-state index contributed by atoms with van der Waals surface area (Å²) in [6.07, 6.45) is 3.86. The summed E-state index contributed by atoms with van der Waals surface area (Å²) in [5.74, 6) is 0.371. The molecular formula is C18H22N2O4S2. The number of nitrogens with zero attached hydrogens (tertiary/aromatic N) is 2. The quantitative estimate of drug-likeness (QED) is 0.696. The zero-order valence-electron chi connectivity index (χ0n) is 14.3. The standard InChI is InChI=1S/C18H22N2O4S2/c21-13-6-2-5-11-19-17(22)14-25-18(19)16-10-7-12-20(16)26(23,24)15-8-3-1-4-9-15/h1,3-4,7-10,12,18,21H,2,5-6,11,13-14H2. The Morgan fingerprint density at radius 3 is 2.58 bits per heavy atom. The summed E-state index contributed by atoms with van der Waals surface area (Å²) >= 11 is 1.45. The maximum Gasteiger partial charge on any atom is 0.267 e. The Hall–Kier alpha value is -1.77. The van der Waals surface area contributed by atoms with Crippen molar-refractivity contribution < 1.29 is 18.3 Å². The number of benzene rings is 1. The lowest BCUT2D eigenvalue weighted by atomic mass is 10.2. The molecule has 1 atom stereocenters. The van der Waals surface area contributed by atoms with Crippen molar-refractivity contribution in [3.63, 3.8) is 0 Å². The van der Waals surface area contributed by atoms with Gasteiger partial charge in [-0.2, -0.15) is 0 Å². The molecule has 140 valence electrons. The molecule has 1 N–H and O–H groups in total. The number of aliphatic hydroxyl groups excluding tert-OH is 1. The molecule has 1 unspecified atom stereocenters. The van der Waals surface area contributed by atoms with Crippen molar-refractivity contribution in [2.24, 2.45) is 0 Å². The lowest BCUT2D eigenvalue weighted by Gasteiger charge is -2.25. The molecule has 1 aliphatic rings. The van der Waals surface area contributed by atoms with Gasteiger partial charge in [0.05, 0.1) is 16.3 Å². The third-order valence-corrected chi connectivity index (χ3v) is 7.26. The first-order valence-corrected chi connectivity index (χ1v) is 11.0. The molecule has 1 amide bonds. The fourth-order valence-electron chi connectivity index (χ4n) is 3.01. The van der Waals surface area contributed by atoms with Crippen LogP contribution in [0.5, 0.6) is 0 Å². The van der Waals surface area contributed by atoms with Crippen LogP contribution in [0.3, 0.4) is 0 Å². The van der Waals surface area contributed by atoms with E-state index in [1.807, 2.05) is 0 Å². The number of aromatic nitrogens is 1. The van der Waals surface area contributed by atoms with E-state index in [9.17, 15) is 13.2 Å². The van der Waals surface area contributed by atoms with E-state index in [2.05, 4.69) is 0 Å². The van der Waals surface area contributed by atoms with Crippen LogP contribution in [0.1, 0.15) is 30.3 Å². The van der Waals surface area contributed by atoms with Crippen LogP contribution in [0.2, 0.25) is 0 Å². The number of carbonyl (C=O) groups is 1. The van der Waals surface area contributed by atoms with E-state index in [4.69, 9.17) is 5.11 Å². The predicted molar refractivity (Wildman–Crippen MR) is 101 cm³/mol. The average molecular weight is 395 g/mol. The maximum absolute atomic E-state index is 13.0. The second kappa shape index (κ2) is 8.28. The third-order valence-electron chi connectivity index (χ3n) is 4.32. The molecule has 0 bridgehead atoms. The molecule has 0 aliphatic carbocycles. The Balaban J connectivity index is 1.86. The highest BCUT2D eigenvalue weighted by molar-refractivity contribution is 8.00. The largest absolute Gasteiger partial charge is 0.396 e. The van der Waals surface area contributed by atoms with Crippen molar-refractivity contribution in [1.82, 2.24) is 8.87 Å². The van der Waals surface area contributed by atoms with Gasteiger partial charge in [0, 0.05) is 19.3 Å². The van der Waals surface area contributed by atoms with Crippen molar-refractivity contribution in [2.45, 2.75) is 29.5 Å². The molecule has 0 saturated carbocycles. The molecule has 2 heterocycles. The van der Waals surface area contributed by atoms with Gasteiger partial charge in [-0.15, -0.1) is 11.8 Å². The summed E-state index contributed by atoms with van der Waals surface area (Å²) in [6.45, 7) is 0.706. The second-order valence-corrected chi connectivity index (χ2v) is 8.97. The number of hydrogen-bond donors (Lipinski definition) is 1. The van der Waals surface area contributed by atoms with Crippen LogP contribution in [0.15, 0.2) is 53.6 Å². The Bertz CT molecular complexity index is 849. The molecule has 1 aliphatic heterocycles. The van der Waals surface area contributed by atoms with Gasteiger partial charge in [-0.25, -0.2) is 12.4 Å². The lowest BCUT2D eigenvalue weighted by molar-refractivity contribution is -0.128. The molecule has 1 aromatic heterocycles. The van der Waals surface area contributed by atoms with Crippen LogP contribution in [-0.4, -0.2) is 47.2 Å². The zero-order chi connectivity index (χ0) is 18.6. The van der Waals surface area contributed by atoms with Gasteiger partial charge in [0.25, 0.3) is 10.0 Å². The number of carbonyl (C=O) groups excluding carboxylic acids is 1. The Morgan fingerprint density at radius 2 is 1.85 bits per heavy atom. The van der Waals surface area contributed by atoms with E-state index >= 15 is 0 Å². The highest BCUT2D eigenvalue weighted by Gasteiger charge is 2.35. The summed E-state index contributed by atoms with van der Waals surface area (Å²) in [5.41, 5.74) is 0.590. The van der Waals surface area contributed by atoms with Gasteiger partial charge in [-0.3, -0.25) is 4.79 Å². The van der Waals surface area contributed by atoms with Crippen LogP contribution < -0.4 is 0 Å².